The second-order valence-corrected chi connectivity index (χ2v) is 6.28. The van der Waals surface area contributed by atoms with Crippen LogP contribution >= 0.6 is 0 Å². The van der Waals surface area contributed by atoms with Crippen molar-refractivity contribution in [2.45, 2.75) is 25.8 Å². The topological polar surface area (TPSA) is 75.5 Å². The third-order valence-electron chi connectivity index (χ3n) is 4.70. The molecule has 0 aliphatic carbocycles. The Morgan fingerprint density at radius 3 is 2.44 bits per heavy atom. The second-order valence-electron chi connectivity index (χ2n) is 6.28. The lowest BCUT2D eigenvalue weighted by Gasteiger charge is -2.34. The molecule has 130 valence electrons. The number of amides is 1. The van der Waals surface area contributed by atoms with E-state index < -0.39 is 4.92 Å². The molecule has 0 atom stereocenters. The van der Waals surface area contributed by atoms with Gasteiger partial charge >= 0.3 is 0 Å². The summed E-state index contributed by atoms with van der Waals surface area (Å²) in [6.45, 7) is 3.37. The van der Waals surface area contributed by atoms with Crippen LogP contribution < -0.4 is 10.2 Å². The van der Waals surface area contributed by atoms with Gasteiger partial charge in [-0.2, -0.15) is 0 Å². The molecule has 1 aliphatic rings. The zero-order valence-corrected chi connectivity index (χ0v) is 14.1. The first-order chi connectivity index (χ1) is 12.1. The van der Waals surface area contributed by atoms with Crippen LogP contribution in [0.3, 0.4) is 0 Å². The number of benzene rings is 2. The maximum Gasteiger partial charge on any atom is 0.273 e. The highest BCUT2D eigenvalue weighted by Crippen LogP contribution is 2.22. The molecule has 3 rings (SSSR count). The fraction of sp³-hybridized carbons (Fsp3) is 0.316. The molecule has 0 spiro atoms. The fourth-order valence-corrected chi connectivity index (χ4v) is 3.25. The fourth-order valence-electron chi connectivity index (χ4n) is 3.25. The molecule has 1 N–H and O–H groups in total. The highest BCUT2D eigenvalue weighted by atomic mass is 16.6. The lowest BCUT2D eigenvalue weighted by Crippen LogP contribution is -2.44. The zero-order valence-electron chi connectivity index (χ0n) is 14.1. The quantitative estimate of drug-likeness (QED) is 0.685. The van der Waals surface area contributed by atoms with E-state index in [2.05, 4.69) is 22.3 Å². The van der Waals surface area contributed by atoms with E-state index in [1.165, 1.54) is 11.8 Å². The van der Waals surface area contributed by atoms with Crippen LogP contribution in [-0.4, -0.2) is 30.0 Å². The minimum Gasteiger partial charge on any atom is -0.371 e. The Labute approximate surface area is 146 Å². The third kappa shape index (κ3) is 3.79. The van der Waals surface area contributed by atoms with Gasteiger partial charge in [0.05, 0.1) is 4.92 Å². The number of piperidine rings is 1. The molecule has 1 saturated heterocycles. The summed E-state index contributed by atoms with van der Waals surface area (Å²) in [4.78, 5) is 25.4. The summed E-state index contributed by atoms with van der Waals surface area (Å²) in [6, 6.07) is 14.9. The molecule has 25 heavy (non-hydrogen) atoms. The van der Waals surface area contributed by atoms with Gasteiger partial charge < -0.3 is 10.2 Å². The molecule has 6 heteroatoms. The van der Waals surface area contributed by atoms with Gasteiger partial charge in [0.25, 0.3) is 11.6 Å². The SMILES string of the molecule is Cc1c(C(=O)NC2CCN(c3ccccc3)CC2)cccc1[N+](=O)[O-]. The molecule has 1 amide bonds. The molecule has 2 aromatic rings. The summed E-state index contributed by atoms with van der Waals surface area (Å²) < 4.78 is 0. The van der Waals surface area contributed by atoms with E-state index in [4.69, 9.17) is 0 Å². The van der Waals surface area contributed by atoms with E-state index >= 15 is 0 Å². The highest BCUT2D eigenvalue weighted by molar-refractivity contribution is 5.96. The van der Waals surface area contributed by atoms with Crippen LogP contribution in [0.5, 0.6) is 0 Å². The van der Waals surface area contributed by atoms with Gasteiger partial charge in [0.2, 0.25) is 0 Å². The molecule has 1 heterocycles. The number of nitrogens with one attached hydrogen (secondary N) is 1. The van der Waals surface area contributed by atoms with Crippen molar-refractivity contribution in [1.29, 1.82) is 0 Å². The zero-order chi connectivity index (χ0) is 17.8. The van der Waals surface area contributed by atoms with E-state index in [9.17, 15) is 14.9 Å². The van der Waals surface area contributed by atoms with E-state index in [-0.39, 0.29) is 17.6 Å². The van der Waals surface area contributed by atoms with Crippen LogP contribution in [0.15, 0.2) is 48.5 Å². The summed E-state index contributed by atoms with van der Waals surface area (Å²) in [6.07, 6.45) is 1.71. The third-order valence-corrected chi connectivity index (χ3v) is 4.70. The molecule has 0 radical (unpaired) electrons. The molecule has 1 fully saturated rings. The van der Waals surface area contributed by atoms with Crippen LogP contribution in [0.4, 0.5) is 11.4 Å². The van der Waals surface area contributed by atoms with Crippen molar-refractivity contribution in [3.63, 3.8) is 0 Å². The number of hydrogen-bond donors (Lipinski definition) is 1. The van der Waals surface area contributed by atoms with Crippen molar-refractivity contribution in [3.05, 3.63) is 69.8 Å². The molecule has 0 unspecified atom stereocenters. The second kappa shape index (κ2) is 7.34. The summed E-state index contributed by atoms with van der Waals surface area (Å²) in [5.74, 6) is -0.237. The number of carbonyl (C=O) groups is 1. The molecule has 1 aliphatic heterocycles. The van der Waals surface area contributed by atoms with E-state index in [0.29, 0.717) is 11.1 Å². The average molecular weight is 339 g/mol. The number of nitrogens with zero attached hydrogens (tertiary/aromatic N) is 2. The van der Waals surface area contributed by atoms with Crippen LogP contribution in [0.2, 0.25) is 0 Å². The molecular weight excluding hydrogens is 318 g/mol. The smallest absolute Gasteiger partial charge is 0.273 e. The normalized spacial score (nSPS) is 15.0. The highest BCUT2D eigenvalue weighted by Gasteiger charge is 2.23. The Morgan fingerprint density at radius 1 is 1.12 bits per heavy atom. The number of hydrogen-bond acceptors (Lipinski definition) is 4. The Hall–Kier alpha value is -2.89. The maximum atomic E-state index is 12.5. The van der Waals surface area contributed by atoms with Crippen molar-refractivity contribution >= 4 is 17.3 Å². The van der Waals surface area contributed by atoms with Crippen LogP contribution in [0.25, 0.3) is 0 Å². The Kier molecular flexibility index (Phi) is 4.97. The minimum absolute atomic E-state index is 0.0217. The predicted molar refractivity (Wildman–Crippen MR) is 97.0 cm³/mol. The number of para-hydroxylation sites is 1. The lowest BCUT2D eigenvalue weighted by atomic mass is 10.0. The number of nitro benzene ring substituents is 1. The van der Waals surface area contributed by atoms with Crippen molar-refractivity contribution in [2.75, 3.05) is 18.0 Å². The van der Waals surface area contributed by atoms with Crippen LogP contribution in [-0.2, 0) is 0 Å². The average Bonchev–Trinajstić information content (AvgIpc) is 2.63. The molecule has 0 bridgehead atoms. The van der Waals surface area contributed by atoms with Gasteiger partial charge in [-0.3, -0.25) is 14.9 Å². The summed E-state index contributed by atoms with van der Waals surface area (Å²) >= 11 is 0. The first kappa shape index (κ1) is 17.0. The number of rotatable bonds is 4. The number of carbonyl (C=O) groups excluding carboxylic acids is 1. The predicted octanol–water partition coefficient (Wildman–Crippen LogP) is 3.30. The summed E-state index contributed by atoms with van der Waals surface area (Å²) in [7, 11) is 0. The monoisotopic (exact) mass is 339 g/mol. The molecule has 0 saturated carbocycles. The largest absolute Gasteiger partial charge is 0.371 e. The summed E-state index contributed by atoms with van der Waals surface area (Å²) in [5.41, 5.74) is 1.96. The first-order valence-electron chi connectivity index (χ1n) is 8.41. The Morgan fingerprint density at radius 2 is 1.80 bits per heavy atom. The van der Waals surface area contributed by atoms with Crippen molar-refractivity contribution in [1.82, 2.24) is 5.32 Å². The van der Waals surface area contributed by atoms with E-state index in [1.807, 2.05) is 18.2 Å². The van der Waals surface area contributed by atoms with E-state index in [1.54, 1.807) is 19.1 Å². The standard InChI is InChI=1S/C19H21N3O3/c1-14-17(8-5-9-18(14)22(24)25)19(23)20-15-10-12-21(13-11-15)16-6-3-2-4-7-16/h2-9,15H,10-13H2,1H3,(H,20,23). The Bertz CT molecular complexity index is 769. The molecular formula is C19H21N3O3. The van der Waals surface area contributed by atoms with Crippen molar-refractivity contribution < 1.29 is 9.72 Å². The van der Waals surface area contributed by atoms with Gasteiger partial charge in [-0.1, -0.05) is 24.3 Å². The molecule has 2 aromatic carbocycles. The van der Waals surface area contributed by atoms with Gasteiger partial charge in [0.1, 0.15) is 0 Å². The first-order valence-corrected chi connectivity index (χ1v) is 8.41. The number of nitro groups is 1. The van der Waals surface area contributed by atoms with Crippen molar-refractivity contribution in [3.8, 4) is 0 Å². The number of anilines is 1. The van der Waals surface area contributed by atoms with E-state index in [0.717, 1.165) is 25.9 Å². The molecule has 6 nitrogen and oxygen atoms in total. The molecule has 0 aromatic heterocycles. The maximum absolute atomic E-state index is 12.5. The lowest BCUT2D eigenvalue weighted by molar-refractivity contribution is -0.385. The van der Waals surface area contributed by atoms with Gasteiger partial charge in [-0.25, -0.2) is 0 Å². The van der Waals surface area contributed by atoms with Crippen LogP contribution in [0.1, 0.15) is 28.8 Å². The van der Waals surface area contributed by atoms with Crippen LogP contribution in [0, 0.1) is 17.0 Å². The Balaban J connectivity index is 1.62. The van der Waals surface area contributed by atoms with Gasteiger partial charge in [-0.05, 0) is 38.0 Å². The van der Waals surface area contributed by atoms with Gasteiger partial charge in [-0.15, -0.1) is 0 Å². The van der Waals surface area contributed by atoms with Gasteiger partial charge in [0.15, 0.2) is 0 Å². The van der Waals surface area contributed by atoms with Crippen molar-refractivity contribution in [2.24, 2.45) is 0 Å². The van der Waals surface area contributed by atoms with Gasteiger partial charge in [0, 0.05) is 42.0 Å². The summed E-state index contributed by atoms with van der Waals surface area (Å²) in [5, 5.41) is 14.1. The minimum atomic E-state index is -0.454.